The van der Waals surface area contributed by atoms with Crippen LogP contribution in [0.1, 0.15) is 30.3 Å². The molecule has 2 rings (SSSR count). The Labute approximate surface area is 97.2 Å². The van der Waals surface area contributed by atoms with E-state index in [2.05, 4.69) is 33.1 Å². The molecule has 1 fully saturated rings. The van der Waals surface area contributed by atoms with Crippen molar-refractivity contribution in [2.24, 2.45) is 5.92 Å². The zero-order valence-corrected chi connectivity index (χ0v) is 10.2. The number of amides is 1. The van der Waals surface area contributed by atoms with E-state index in [1.807, 2.05) is 4.90 Å². The van der Waals surface area contributed by atoms with E-state index >= 15 is 0 Å². The Morgan fingerprint density at radius 3 is 3.13 bits per heavy atom. The molecule has 5 heteroatoms. The molecule has 1 atom stereocenters. The Morgan fingerprint density at radius 1 is 1.73 bits per heavy atom. The third-order valence-electron chi connectivity index (χ3n) is 2.75. The number of halogens is 1. The first kappa shape index (κ1) is 10.7. The molecular formula is C10H14BrN3O. The highest BCUT2D eigenvalue weighted by atomic mass is 79.9. The quantitative estimate of drug-likeness (QED) is 0.850. The molecule has 0 aliphatic carbocycles. The number of piperidine rings is 1. The van der Waals surface area contributed by atoms with E-state index < -0.39 is 0 Å². The number of carbonyl (C=O) groups is 1. The fourth-order valence-electron chi connectivity index (χ4n) is 1.95. The van der Waals surface area contributed by atoms with Crippen molar-refractivity contribution in [1.82, 2.24) is 15.1 Å². The highest BCUT2D eigenvalue weighted by molar-refractivity contribution is 9.10. The molecule has 1 saturated heterocycles. The summed E-state index contributed by atoms with van der Waals surface area (Å²) in [6.07, 6.45) is 3.92. The minimum atomic E-state index is 0.0472. The standard InChI is InChI=1S/C10H14BrN3O/c1-7-3-2-4-14(6-7)10(15)9-8(11)5-12-13-9/h5,7H,2-4,6H2,1H3,(H,12,13)/t7-/m1/s1. The number of hydrogen-bond acceptors (Lipinski definition) is 2. The van der Waals surface area contributed by atoms with Gasteiger partial charge in [-0.25, -0.2) is 0 Å². The van der Waals surface area contributed by atoms with Crippen molar-refractivity contribution in [2.75, 3.05) is 13.1 Å². The van der Waals surface area contributed by atoms with E-state index in [0.29, 0.717) is 11.6 Å². The van der Waals surface area contributed by atoms with Crippen LogP contribution in [0.3, 0.4) is 0 Å². The summed E-state index contributed by atoms with van der Waals surface area (Å²) in [6, 6.07) is 0. The molecule has 0 bridgehead atoms. The third kappa shape index (κ3) is 2.22. The zero-order valence-electron chi connectivity index (χ0n) is 8.66. The van der Waals surface area contributed by atoms with Crippen LogP contribution in [0, 0.1) is 5.92 Å². The van der Waals surface area contributed by atoms with Crippen LogP contribution in [0.15, 0.2) is 10.7 Å². The maximum atomic E-state index is 12.1. The number of carbonyl (C=O) groups excluding carboxylic acids is 1. The van der Waals surface area contributed by atoms with Gasteiger partial charge in [-0.1, -0.05) is 6.92 Å². The molecule has 1 amide bonds. The van der Waals surface area contributed by atoms with Gasteiger partial charge in [0.25, 0.3) is 5.91 Å². The predicted molar refractivity (Wildman–Crippen MR) is 60.6 cm³/mol. The number of nitrogens with one attached hydrogen (secondary N) is 1. The van der Waals surface area contributed by atoms with Crippen molar-refractivity contribution < 1.29 is 4.79 Å². The van der Waals surface area contributed by atoms with Crippen molar-refractivity contribution in [3.8, 4) is 0 Å². The molecule has 82 valence electrons. The maximum Gasteiger partial charge on any atom is 0.273 e. The number of aromatic amines is 1. The van der Waals surface area contributed by atoms with E-state index in [1.165, 1.54) is 6.42 Å². The molecule has 1 aromatic rings. The largest absolute Gasteiger partial charge is 0.337 e. The molecule has 0 saturated carbocycles. The number of hydrogen-bond donors (Lipinski definition) is 1. The first-order valence-corrected chi connectivity index (χ1v) is 5.96. The summed E-state index contributed by atoms with van der Waals surface area (Å²) in [7, 11) is 0. The van der Waals surface area contributed by atoms with Gasteiger partial charge in [0.2, 0.25) is 0 Å². The van der Waals surface area contributed by atoms with Gasteiger partial charge < -0.3 is 4.90 Å². The molecule has 1 aliphatic heterocycles. The molecule has 15 heavy (non-hydrogen) atoms. The van der Waals surface area contributed by atoms with Gasteiger partial charge in [-0.2, -0.15) is 5.10 Å². The molecule has 0 aromatic carbocycles. The minimum Gasteiger partial charge on any atom is -0.337 e. The van der Waals surface area contributed by atoms with Gasteiger partial charge in [0.05, 0.1) is 10.7 Å². The number of likely N-dealkylation sites (tertiary alicyclic amines) is 1. The average Bonchev–Trinajstić information content (AvgIpc) is 2.63. The lowest BCUT2D eigenvalue weighted by Crippen LogP contribution is -2.39. The number of nitrogens with zero attached hydrogens (tertiary/aromatic N) is 2. The molecule has 4 nitrogen and oxygen atoms in total. The van der Waals surface area contributed by atoms with Crippen molar-refractivity contribution in [3.05, 3.63) is 16.4 Å². The van der Waals surface area contributed by atoms with Gasteiger partial charge in [-0.15, -0.1) is 0 Å². The van der Waals surface area contributed by atoms with Gasteiger partial charge in [-0.3, -0.25) is 9.89 Å². The van der Waals surface area contributed by atoms with Gasteiger partial charge in [0.1, 0.15) is 5.69 Å². The van der Waals surface area contributed by atoms with Crippen LogP contribution in [-0.2, 0) is 0 Å². The number of rotatable bonds is 1. The normalized spacial score (nSPS) is 21.7. The topological polar surface area (TPSA) is 49.0 Å². The van der Waals surface area contributed by atoms with Crippen LogP contribution in [0.5, 0.6) is 0 Å². The average molecular weight is 272 g/mol. The van der Waals surface area contributed by atoms with E-state index in [1.54, 1.807) is 6.20 Å². The lowest BCUT2D eigenvalue weighted by Gasteiger charge is -2.30. The van der Waals surface area contributed by atoms with Crippen molar-refractivity contribution in [1.29, 1.82) is 0 Å². The highest BCUT2D eigenvalue weighted by Gasteiger charge is 2.24. The monoisotopic (exact) mass is 271 g/mol. The Kier molecular flexibility index (Phi) is 3.09. The molecule has 0 spiro atoms. The minimum absolute atomic E-state index is 0.0472. The molecule has 0 unspecified atom stereocenters. The van der Waals surface area contributed by atoms with Gasteiger partial charge >= 0.3 is 0 Å². The second-order valence-corrected chi connectivity index (χ2v) is 4.95. The lowest BCUT2D eigenvalue weighted by molar-refractivity contribution is 0.0676. The fraction of sp³-hybridized carbons (Fsp3) is 0.600. The lowest BCUT2D eigenvalue weighted by atomic mass is 10.0. The van der Waals surface area contributed by atoms with E-state index in [4.69, 9.17) is 0 Å². The zero-order chi connectivity index (χ0) is 10.8. The Hall–Kier alpha value is -0.840. The Bertz CT molecular complexity index is 363. The van der Waals surface area contributed by atoms with Crippen molar-refractivity contribution >= 4 is 21.8 Å². The van der Waals surface area contributed by atoms with Gasteiger partial charge in [0, 0.05) is 13.1 Å². The first-order chi connectivity index (χ1) is 7.18. The number of aromatic nitrogens is 2. The molecule has 1 N–H and O–H groups in total. The fourth-order valence-corrected chi connectivity index (χ4v) is 2.31. The summed E-state index contributed by atoms with van der Waals surface area (Å²) >= 11 is 3.31. The smallest absolute Gasteiger partial charge is 0.273 e. The van der Waals surface area contributed by atoms with E-state index in [9.17, 15) is 4.79 Å². The summed E-state index contributed by atoms with van der Waals surface area (Å²) in [5.74, 6) is 0.648. The van der Waals surface area contributed by atoms with Gasteiger partial charge in [-0.05, 0) is 34.7 Å². The molecule has 0 radical (unpaired) electrons. The van der Waals surface area contributed by atoms with Crippen molar-refractivity contribution in [3.63, 3.8) is 0 Å². The van der Waals surface area contributed by atoms with Crippen molar-refractivity contribution in [2.45, 2.75) is 19.8 Å². The predicted octanol–water partition coefficient (Wildman–Crippen LogP) is 2.04. The SMILES string of the molecule is C[C@@H]1CCCN(C(=O)c2[nH]ncc2Br)C1. The first-order valence-electron chi connectivity index (χ1n) is 5.16. The molecule has 1 aromatic heterocycles. The highest BCUT2D eigenvalue weighted by Crippen LogP contribution is 2.20. The molecular weight excluding hydrogens is 258 g/mol. The van der Waals surface area contributed by atoms with Crippen LogP contribution in [0.4, 0.5) is 0 Å². The van der Waals surface area contributed by atoms with Crippen LogP contribution in [0.25, 0.3) is 0 Å². The Morgan fingerprint density at radius 2 is 2.53 bits per heavy atom. The second-order valence-electron chi connectivity index (χ2n) is 4.09. The Balaban J connectivity index is 2.11. The summed E-state index contributed by atoms with van der Waals surface area (Å²) < 4.78 is 0.741. The summed E-state index contributed by atoms with van der Waals surface area (Å²) in [4.78, 5) is 13.9. The summed E-state index contributed by atoms with van der Waals surface area (Å²) in [6.45, 7) is 3.89. The summed E-state index contributed by atoms with van der Waals surface area (Å²) in [5.41, 5.74) is 0.559. The maximum absolute atomic E-state index is 12.1. The van der Waals surface area contributed by atoms with Crippen LogP contribution >= 0.6 is 15.9 Å². The van der Waals surface area contributed by atoms with Crippen LogP contribution in [-0.4, -0.2) is 34.1 Å². The number of H-pyrrole nitrogens is 1. The third-order valence-corrected chi connectivity index (χ3v) is 3.35. The van der Waals surface area contributed by atoms with E-state index in [0.717, 1.165) is 24.0 Å². The second kappa shape index (κ2) is 4.35. The van der Waals surface area contributed by atoms with E-state index in [-0.39, 0.29) is 5.91 Å². The summed E-state index contributed by atoms with van der Waals surface area (Å²) in [5, 5.41) is 6.57. The molecule has 1 aliphatic rings. The molecule has 2 heterocycles. The van der Waals surface area contributed by atoms with Crippen LogP contribution < -0.4 is 0 Å². The van der Waals surface area contributed by atoms with Gasteiger partial charge in [0.15, 0.2) is 0 Å². The van der Waals surface area contributed by atoms with Crippen LogP contribution in [0.2, 0.25) is 0 Å².